The Labute approximate surface area is 224 Å². The second-order valence-electron chi connectivity index (χ2n) is 10.0. The third-order valence-corrected chi connectivity index (χ3v) is 7.43. The fraction of sp³-hybridized carbons (Fsp3) is 0.364. The molecule has 0 unspecified atom stereocenters. The quantitative estimate of drug-likeness (QED) is 0.137. The summed E-state index contributed by atoms with van der Waals surface area (Å²) < 4.78 is 37.7. The summed E-state index contributed by atoms with van der Waals surface area (Å²) in [4.78, 5) is 11.0. The van der Waals surface area contributed by atoms with Gasteiger partial charge in [0.25, 0.3) is 0 Å². The van der Waals surface area contributed by atoms with E-state index in [4.69, 9.17) is 9.47 Å². The Balaban J connectivity index is 1.17. The van der Waals surface area contributed by atoms with Crippen LogP contribution in [0.15, 0.2) is 79.4 Å². The number of rotatable bonds is 12. The molecule has 0 saturated heterocycles. The molecule has 0 heterocycles. The molecule has 0 radical (unpaired) electrons. The molecule has 1 aliphatic carbocycles. The lowest BCUT2D eigenvalue weighted by molar-refractivity contribution is -0.137. The molecule has 200 valence electrons. The molecular weight excluding hydrogens is 482 g/mol. The Morgan fingerprint density at radius 3 is 1.87 bits per heavy atom. The van der Waals surface area contributed by atoms with Gasteiger partial charge < -0.3 is 9.47 Å². The van der Waals surface area contributed by atoms with Crippen LogP contribution in [0, 0.1) is 11.6 Å². The number of esters is 1. The van der Waals surface area contributed by atoms with Crippen molar-refractivity contribution >= 4 is 5.97 Å². The molecule has 3 aromatic rings. The molecule has 3 aromatic carbocycles. The van der Waals surface area contributed by atoms with Crippen molar-refractivity contribution in [2.75, 3.05) is 13.2 Å². The summed E-state index contributed by atoms with van der Waals surface area (Å²) in [6.07, 6.45) is 9.65. The average Bonchev–Trinajstić information content (AvgIpc) is 2.96. The lowest BCUT2D eigenvalue weighted by atomic mass is 9.76. The lowest BCUT2D eigenvalue weighted by Crippen LogP contribution is -2.12. The molecule has 5 heteroatoms. The second kappa shape index (κ2) is 13.9. The number of halogens is 2. The zero-order valence-electron chi connectivity index (χ0n) is 21.8. The first-order valence-corrected chi connectivity index (χ1v) is 13.6. The minimum atomic E-state index is -0.821. The van der Waals surface area contributed by atoms with Crippen molar-refractivity contribution < 1.29 is 23.0 Å². The molecule has 0 N–H and O–H groups in total. The van der Waals surface area contributed by atoms with Gasteiger partial charge in [0.2, 0.25) is 0 Å². The molecule has 0 spiro atoms. The fourth-order valence-electron chi connectivity index (χ4n) is 5.20. The molecule has 0 amide bonds. The Bertz CT molecular complexity index is 1180. The van der Waals surface area contributed by atoms with Gasteiger partial charge in [-0.1, -0.05) is 49.0 Å². The molecule has 1 fully saturated rings. The van der Waals surface area contributed by atoms with Gasteiger partial charge in [-0.05, 0) is 110 Å². The van der Waals surface area contributed by atoms with E-state index in [-0.39, 0.29) is 5.97 Å². The predicted octanol–water partition coefficient (Wildman–Crippen LogP) is 8.74. The zero-order chi connectivity index (χ0) is 26.7. The molecule has 0 bridgehead atoms. The van der Waals surface area contributed by atoms with Crippen LogP contribution in [-0.4, -0.2) is 19.2 Å². The molecule has 38 heavy (non-hydrogen) atoms. The Kier molecular flexibility index (Phi) is 10.1. The van der Waals surface area contributed by atoms with Gasteiger partial charge >= 0.3 is 5.97 Å². The van der Waals surface area contributed by atoms with Crippen molar-refractivity contribution in [3.8, 4) is 16.9 Å². The van der Waals surface area contributed by atoms with Crippen LogP contribution in [0.3, 0.4) is 0 Å². The van der Waals surface area contributed by atoms with Crippen molar-refractivity contribution in [3.05, 3.63) is 102 Å². The van der Waals surface area contributed by atoms with Crippen LogP contribution in [0.1, 0.15) is 74.3 Å². The van der Waals surface area contributed by atoms with Gasteiger partial charge in [0.1, 0.15) is 5.75 Å². The molecule has 3 nitrogen and oxygen atoms in total. The summed E-state index contributed by atoms with van der Waals surface area (Å²) in [5.74, 6) is 0.00120. The van der Waals surface area contributed by atoms with Crippen LogP contribution in [-0.2, 0) is 9.53 Å². The summed E-state index contributed by atoms with van der Waals surface area (Å²) in [6, 6.07) is 20.9. The van der Waals surface area contributed by atoms with Gasteiger partial charge in [-0.2, -0.15) is 0 Å². The molecular formula is C33H36F2O3. The van der Waals surface area contributed by atoms with Crippen LogP contribution in [0.4, 0.5) is 8.78 Å². The zero-order valence-corrected chi connectivity index (χ0v) is 21.8. The van der Waals surface area contributed by atoms with E-state index >= 15 is 0 Å². The van der Waals surface area contributed by atoms with Gasteiger partial charge in [0, 0.05) is 6.08 Å². The molecule has 0 aromatic heterocycles. The maximum Gasteiger partial charge on any atom is 0.330 e. The highest BCUT2D eigenvalue weighted by Crippen LogP contribution is 2.41. The third-order valence-electron chi connectivity index (χ3n) is 7.43. The second-order valence-corrected chi connectivity index (χ2v) is 10.0. The number of carbonyl (C=O) groups is 1. The Hall–Kier alpha value is -3.47. The van der Waals surface area contributed by atoms with E-state index in [0.29, 0.717) is 30.6 Å². The standard InChI is InChI=1S/C33H36F2O3/c1-2-33(36)38-22-6-4-3-5-21-37-30-18-15-27(16-19-30)26-9-7-24(8-10-26)25-11-13-28(14-12-25)29-17-20-31(34)32(35)23-29/h2,11-20,23-24,26H,1,3-10,21-22H2. The monoisotopic (exact) mass is 518 g/mol. The van der Waals surface area contributed by atoms with E-state index in [9.17, 15) is 13.6 Å². The van der Waals surface area contributed by atoms with E-state index in [1.54, 1.807) is 6.07 Å². The van der Waals surface area contributed by atoms with Crippen LogP contribution in [0.5, 0.6) is 5.75 Å². The summed E-state index contributed by atoms with van der Waals surface area (Å²) in [7, 11) is 0. The van der Waals surface area contributed by atoms with E-state index < -0.39 is 11.6 Å². The summed E-state index contributed by atoms with van der Waals surface area (Å²) in [5, 5.41) is 0. The SMILES string of the molecule is C=CC(=O)OCCCCCCOc1ccc(C2CCC(c3ccc(-c4ccc(F)c(F)c4)cc3)CC2)cc1. The van der Waals surface area contributed by atoms with Gasteiger partial charge in [0.05, 0.1) is 13.2 Å². The minimum Gasteiger partial charge on any atom is -0.494 e. The topological polar surface area (TPSA) is 35.5 Å². The van der Waals surface area contributed by atoms with E-state index in [1.165, 1.54) is 29.3 Å². The van der Waals surface area contributed by atoms with Gasteiger partial charge in [0.15, 0.2) is 11.6 Å². The number of hydrogen-bond donors (Lipinski definition) is 0. The van der Waals surface area contributed by atoms with Crippen molar-refractivity contribution in [2.45, 2.75) is 63.2 Å². The number of unbranched alkanes of at least 4 members (excludes halogenated alkanes) is 3. The molecule has 0 aliphatic heterocycles. The molecule has 0 atom stereocenters. The fourth-order valence-corrected chi connectivity index (χ4v) is 5.20. The number of carbonyl (C=O) groups excluding carboxylic acids is 1. The van der Waals surface area contributed by atoms with Crippen molar-refractivity contribution in [1.29, 1.82) is 0 Å². The minimum absolute atomic E-state index is 0.362. The van der Waals surface area contributed by atoms with Crippen molar-refractivity contribution in [2.24, 2.45) is 0 Å². The predicted molar refractivity (Wildman–Crippen MR) is 147 cm³/mol. The summed E-state index contributed by atoms with van der Waals surface area (Å²) >= 11 is 0. The lowest BCUT2D eigenvalue weighted by Gasteiger charge is -2.29. The average molecular weight is 519 g/mol. The number of hydrogen-bond acceptors (Lipinski definition) is 3. The highest BCUT2D eigenvalue weighted by molar-refractivity contribution is 5.81. The van der Waals surface area contributed by atoms with Crippen molar-refractivity contribution in [3.63, 3.8) is 0 Å². The number of benzene rings is 3. The highest BCUT2D eigenvalue weighted by atomic mass is 19.2. The van der Waals surface area contributed by atoms with Crippen LogP contribution < -0.4 is 4.74 Å². The van der Waals surface area contributed by atoms with Crippen LogP contribution >= 0.6 is 0 Å². The first-order chi connectivity index (χ1) is 18.5. The van der Waals surface area contributed by atoms with Gasteiger partial charge in [-0.15, -0.1) is 0 Å². The third kappa shape index (κ3) is 7.77. The van der Waals surface area contributed by atoms with Gasteiger partial charge in [-0.25, -0.2) is 13.6 Å². The summed E-state index contributed by atoms with van der Waals surface area (Å²) in [5.41, 5.74) is 4.28. The Morgan fingerprint density at radius 2 is 1.29 bits per heavy atom. The summed E-state index contributed by atoms with van der Waals surface area (Å²) in [6.45, 7) is 4.51. The normalized spacial score (nSPS) is 17.1. The van der Waals surface area contributed by atoms with Gasteiger partial charge in [-0.3, -0.25) is 0 Å². The highest BCUT2D eigenvalue weighted by Gasteiger charge is 2.23. The maximum atomic E-state index is 13.6. The number of ether oxygens (including phenoxy) is 2. The molecule has 1 aliphatic rings. The first-order valence-electron chi connectivity index (χ1n) is 13.6. The van der Waals surface area contributed by atoms with E-state index in [0.717, 1.165) is 62.7 Å². The van der Waals surface area contributed by atoms with Crippen LogP contribution in [0.25, 0.3) is 11.1 Å². The maximum absolute atomic E-state index is 13.6. The van der Waals surface area contributed by atoms with Crippen molar-refractivity contribution in [1.82, 2.24) is 0 Å². The molecule has 1 saturated carbocycles. The van der Waals surface area contributed by atoms with E-state index in [1.807, 2.05) is 12.1 Å². The first kappa shape index (κ1) is 27.6. The van der Waals surface area contributed by atoms with Crippen LogP contribution in [0.2, 0.25) is 0 Å². The largest absolute Gasteiger partial charge is 0.494 e. The smallest absolute Gasteiger partial charge is 0.330 e. The van der Waals surface area contributed by atoms with E-state index in [2.05, 4.69) is 43.0 Å². The molecule has 4 rings (SSSR count). The Morgan fingerprint density at radius 1 is 0.737 bits per heavy atom.